The molecule has 0 spiro atoms. The number of carbonyl (C=O) groups is 1. The number of hydrogen-bond acceptors (Lipinski definition) is 3. The second kappa shape index (κ2) is 6.93. The Morgan fingerprint density at radius 3 is 3.05 bits per heavy atom. The minimum atomic E-state index is 0.0625. The third kappa shape index (κ3) is 3.22. The molecule has 1 unspecified atom stereocenters. The van der Waals surface area contributed by atoms with E-state index in [1.807, 2.05) is 11.8 Å². The summed E-state index contributed by atoms with van der Waals surface area (Å²) in [5.74, 6) is 1.89. The number of amides is 1. The molecule has 1 N–H and O–H groups in total. The fourth-order valence-electron chi connectivity index (χ4n) is 3.58. The summed E-state index contributed by atoms with van der Waals surface area (Å²) in [5.41, 5.74) is 3.22. The van der Waals surface area contributed by atoms with E-state index in [1.165, 1.54) is 18.4 Å². The summed E-state index contributed by atoms with van der Waals surface area (Å²) in [6.45, 7) is 5.31. The molecule has 1 amide bonds. The molecule has 22 heavy (non-hydrogen) atoms. The van der Waals surface area contributed by atoms with Crippen molar-refractivity contribution in [1.29, 1.82) is 0 Å². The monoisotopic (exact) mass is 382 g/mol. The number of rotatable bonds is 4. The van der Waals surface area contributed by atoms with Crippen LogP contribution in [0.2, 0.25) is 0 Å². The number of hydrogen-bond donors (Lipinski definition) is 1. The first kappa shape index (κ1) is 16.3. The lowest BCUT2D eigenvalue weighted by Gasteiger charge is -2.37. The second-order valence-electron chi connectivity index (χ2n) is 6.42. The molecule has 2 atom stereocenters. The molecule has 3 rings (SSSR count). The minimum absolute atomic E-state index is 0.0625. The van der Waals surface area contributed by atoms with Gasteiger partial charge in [0.1, 0.15) is 0 Å². The van der Waals surface area contributed by atoms with Gasteiger partial charge in [0.25, 0.3) is 5.91 Å². The topological polar surface area (TPSA) is 32.3 Å². The van der Waals surface area contributed by atoms with Crippen LogP contribution in [-0.4, -0.2) is 35.9 Å². The van der Waals surface area contributed by atoms with E-state index in [1.54, 1.807) is 0 Å². The van der Waals surface area contributed by atoms with Crippen molar-refractivity contribution >= 4 is 33.6 Å². The van der Waals surface area contributed by atoms with Crippen LogP contribution in [0.15, 0.2) is 16.6 Å². The lowest BCUT2D eigenvalue weighted by molar-refractivity contribution is 0.0965. The Morgan fingerprint density at radius 2 is 2.32 bits per heavy atom. The van der Waals surface area contributed by atoms with Crippen LogP contribution < -0.4 is 5.32 Å². The van der Waals surface area contributed by atoms with Crippen LogP contribution in [0.4, 0.5) is 0 Å². The molecule has 2 aliphatic heterocycles. The van der Waals surface area contributed by atoms with Crippen LogP contribution in [0.3, 0.4) is 0 Å². The quantitative estimate of drug-likeness (QED) is 0.858. The van der Waals surface area contributed by atoms with Gasteiger partial charge in [-0.3, -0.25) is 9.69 Å². The fourth-order valence-corrected chi connectivity index (χ4v) is 4.91. The zero-order valence-corrected chi connectivity index (χ0v) is 15.6. The maximum absolute atomic E-state index is 12.0. The van der Waals surface area contributed by atoms with Crippen molar-refractivity contribution in [2.45, 2.75) is 32.4 Å². The van der Waals surface area contributed by atoms with E-state index >= 15 is 0 Å². The molecule has 2 heterocycles. The molecule has 5 heteroatoms. The number of halogens is 1. The highest BCUT2D eigenvalue weighted by molar-refractivity contribution is 9.10. The Hall–Kier alpha value is -0.520. The van der Waals surface area contributed by atoms with E-state index in [4.69, 9.17) is 0 Å². The molecule has 2 aliphatic rings. The molecule has 1 saturated heterocycles. The van der Waals surface area contributed by atoms with Crippen molar-refractivity contribution in [3.05, 3.63) is 33.3 Å². The second-order valence-corrected chi connectivity index (χ2v) is 8.19. The van der Waals surface area contributed by atoms with Gasteiger partial charge in [0.15, 0.2) is 0 Å². The maximum atomic E-state index is 12.0. The highest BCUT2D eigenvalue weighted by Crippen LogP contribution is 2.34. The van der Waals surface area contributed by atoms with Gasteiger partial charge in [0.05, 0.1) is 0 Å². The van der Waals surface area contributed by atoms with Crippen LogP contribution in [0.25, 0.3) is 0 Å². The largest absolute Gasteiger partial charge is 0.348 e. The third-order valence-electron chi connectivity index (χ3n) is 4.73. The van der Waals surface area contributed by atoms with Crippen LogP contribution in [0.5, 0.6) is 0 Å². The van der Waals surface area contributed by atoms with Gasteiger partial charge in [-0.15, -0.1) is 0 Å². The molecule has 0 radical (unpaired) electrons. The van der Waals surface area contributed by atoms with E-state index in [9.17, 15) is 4.79 Å². The van der Waals surface area contributed by atoms with E-state index in [2.05, 4.69) is 51.5 Å². The maximum Gasteiger partial charge on any atom is 0.251 e. The Balaban J connectivity index is 1.93. The molecule has 0 bridgehead atoms. The van der Waals surface area contributed by atoms with Crippen molar-refractivity contribution in [1.82, 2.24) is 10.2 Å². The van der Waals surface area contributed by atoms with Crippen molar-refractivity contribution in [3.8, 4) is 0 Å². The number of piperidine rings is 1. The normalized spacial score (nSPS) is 23.2. The molecule has 1 fully saturated rings. The number of nitrogens with zero attached hydrogens (tertiary/aromatic N) is 1. The lowest BCUT2D eigenvalue weighted by Crippen LogP contribution is -2.38. The predicted molar refractivity (Wildman–Crippen MR) is 96.4 cm³/mol. The van der Waals surface area contributed by atoms with Crippen LogP contribution >= 0.6 is 27.7 Å². The Morgan fingerprint density at radius 1 is 1.50 bits per heavy atom. The van der Waals surface area contributed by atoms with Gasteiger partial charge in [-0.2, -0.15) is 11.8 Å². The zero-order valence-electron chi connectivity index (χ0n) is 13.2. The van der Waals surface area contributed by atoms with Crippen molar-refractivity contribution in [3.63, 3.8) is 0 Å². The highest BCUT2D eigenvalue weighted by Gasteiger charge is 2.28. The molecular formula is C17H23BrN2OS. The van der Waals surface area contributed by atoms with Gasteiger partial charge in [0, 0.05) is 34.9 Å². The van der Waals surface area contributed by atoms with Gasteiger partial charge in [0.2, 0.25) is 0 Å². The van der Waals surface area contributed by atoms with Crippen molar-refractivity contribution < 1.29 is 4.79 Å². The van der Waals surface area contributed by atoms with Crippen molar-refractivity contribution in [2.75, 3.05) is 25.1 Å². The summed E-state index contributed by atoms with van der Waals surface area (Å²) in [5, 5.41) is 2.92. The van der Waals surface area contributed by atoms with Gasteiger partial charge in [-0.25, -0.2) is 0 Å². The first-order valence-electron chi connectivity index (χ1n) is 7.93. The number of benzene rings is 1. The van der Waals surface area contributed by atoms with Gasteiger partial charge in [-0.1, -0.05) is 22.9 Å². The highest BCUT2D eigenvalue weighted by atomic mass is 79.9. The van der Waals surface area contributed by atoms with Gasteiger partial charge < -0.3 is 5.32 Å². The van der Waals surface area contributed by atoms with Crippen LogP contribution in [0.1, 0.15) is 47.3 Å². The van der Waals surface area contributed by atoms with Gasteiger partial charge >= 0.3 is 0 Å². The summed E-state index contributed by atoms with van der Waals surface area (Å²) in [6.07, 6.45) is 4.77. The van der Waals surface area contributed by atoms with Crippen LogP contribution in [0, 0.1) is 5.92 Å². The molecule has 1 aromatic carbocycles. The summed E-state index contributed by atoms with van der Waals surface area (Å²) in [6, 6.07) is 4.73. The molecular weight excluding hydrogens is 360 g/mol. The summed E-state index contributed by atoms with van der Waals surface area (Å²) in [7, 11) is 0. The SMILES string of the molecule is CSCC(c1cc(Br)c2c(c1)C(=O)NC2)N1CCC[C@H](C)C1. The first-order chi connectivity index (χ1) is 10.6. The molecule has 1 aromatic rings. The molecule has 0 aliphatic carbocycles. The smallest absolute Gasteiger partial charge is 0.251 e. The minimum Gasteiger partial charge on any atom is -0.348 e. The Bertz CT molecular complexity index is 578. The van der Waals surface area contributed by atoms with E-state index in [0.29, 0.717) is 12.6 Å². The van der Waals surface area contributed by atoms with E-state index in [0.717, 1.165) is 40.4 Å². The van der Waals surface area contributed by atoms with Crippen LogP contribution in [-0.2, 0) is 6.54 Å². The summed E-state index contributed by atoms with van der Waals surface area (Å²) < 4.78 is 1.06. The standard InChI is InChI=1S/C17H23BrN2OS/c1-11-4-3-5-20(9-11)16(10-22-2)12-6-13-14(15(18)7-12)8-19-17(13)21/h6-7,11,16H,3-5,8-10H2,1-2H3,(H,19,21)/t11-,16?/m0/s1. The average molecular weight is 383 g/mol. The number of fused-ring (bicyclic) bond motifs is 1. The number of nitrogens with one attached hydrogen (secondary N) is 1. The molecule has 3 nitrogen and oxygen atoms in total. The van der Waals surface area contributed by atoms with E-state index < -0.39 is 0 Å². The number of thioether (sulfide) groups is 1. The number of likely N-dealkylation sites (tertiary alicyclic amines) is 1. The molecule has 0 aromatic heterocycles. The van der Waals surface area contributed by atoms with E-state index in [-0.39, 0.29) is 5.91 Å². The lowest BCUT2D eigenvalue weighted by atomic mass is 9.95. The Kier molecular flexibility index (Phi) is 5.15. The average Bonchev–Trinajstić information content (AvgIpc) is 2.87. The first-order valence-corrected chi connectivity index (χ1v) is 10.1. The summed E-state index contributed by atoms with van der Waals surface area (Å²) in [4.78, 5) is 14.6. The zero-order chi connectivity index (χ0) is 15.7. The molecule has 120 valence electrons. The predicted octanol–water partition coefficient (Wildman–Crippen LogP) is 3.83. The summed E-state index contributed by atoms with van der Waals surface area (Å²) >= 11 is 5.55. The van der Waals surface area contributed by atoms with Crippen molar-refractivity contribution in [2.24, 2.45) is 5.92 Å². The fraction of sp³-hybridized carbons (Fsp3) is 0.588. The molecule has 0 saturated carbocycles. The van der Waals surface area contributed by atoms with Gasteiger partial charge in [-0.05, 0) is 54.8 Å². The number of carbonyl (C=O) groups excluding carboxylic acids is 1. The Labute approximate surface area is 145 Å². The third-order valence-corrected chi connectivity index (χ3v) is 6.08.